The minimum Gasteiger partial charge on any atom is -0.481 e. The fourth-order valence-corrected chi connectivity index (χ4v) is 5.00. The largest absolute Gasteiger partial charge is 0.481 e. The van der Waals surface area contributed by atoms with Crippen LogP contribution in [0.15, 0.2) is 83.7 Å². The van der Waals surface area contributed by atoms with E-state index < -0.39 is 11.9 Å². The van der Waals surface area contributed by atoms with Gasteiger partial charge < -0.3 is 10.4 Å². The number of carbonyl (C=O) groups is 1. The summed E-state index contributed by atoms with van der Waals surface area (Å²) in [5, 5.41) is 19.3. The van der Waals surface area contributed by atoms with E-state index in [1.807, 2.05) is 49.4 Å². The van der Waals surface area contributed by atoms with Crippen molar-refractivity contribution in [1.29, 1.82) is 0 Å². The fourth-order valence-electron chi connectivity index (χ4n) is 5.00. The lowest BCUT2D eigenvalue weighted by molar-refractivity contribution is -0.142. The van der Waals surface area contributed by atoms with Crippen LogP contribution in [0, 0.1) is 11.7 Å². The average molecular weight is 530 g/mol. The van der Waals surface area contributed by atoms with E-state index in [1.165, 1.54) is 17.7 Å². The Balaban J connectivity index is 1.59. The summed E-state index contributed by atoms with van der Waals surface area (Å²) in [7, 11) is 0. The van der Waals surface area contributed by atoms with Gasteiger partial charge in [0.25, 0.3) is 5.56 Å². The van der Waals surface area contributed by atoms with Crippen molar-refractivity contribution in [2.45, 2.75) is 51.5 Å². The van der Waals surface area contributed by atoms with Crippen LogP contribution in [0.1, 0.15) is 55.5 Å². The molecule has 2 unspecified atom stereocenters. The lowest BCUT2D eigenvalue weighted by atomic mass is 9.96. The molecular formula is C32H36FN3O3. The number of aromatic nitrogens is 2. The van der Waals surface area contributed by atoms with Crippen molar-refractivity contribution in [2.75, 3.05) is 13.1 Å². The van der Waals surface area contributed by atoms with Gasteiger partial charge in [-0.15, -0.1) is 0 Å². The number of nitrogens with one attached hydrogen (secondary N) is 1. The Morgan fingerprint density at radius 1 is 0.897 bits per heavy atom. The van der Waals surface area contributed by atoms with Crippen LogP contribution in [0.4, 0.5) is 4.39 Å². The smallest absolute Gasteiger partial charge is 0.306 e. The van der Waals surface area contributed by atoms with Crippen LogP contribution in [0.5, 0.6) is 0 Å². The second-order valence-electron chi connectivity index (χ2n) is 9.99. The third kappa shape index (κ3) is 7.60. The second-order valence-corrected chi connectivity index (χ2v) is 9.99. The monoisotopic (exact) mass is 529 g/mol. The van der Waals surface area contributed by atoms with Crippen LogP contribution < -0.4 is 10.9 Å². The predicted molar refractivity (Wildman–Crippen MR) is 153 cm³/mol. The predicted octanol–water partition coefficient (Wildman–Crippen LogP) is 5.78. The first-order chi connectivity index (χ1) is 19.0. The van der Waals surface area contributed by atoms with Crippen LogP contribution in [-0.2, 0) is 17.6 Å². The molecule has 0 amide bonds. The highest BCUT2D eigenvalue weighted by atomic mass is 19.1. The van der Waals surface area contributed by atoms with Gasteiger partial charge >= 0.3 is 5.97 Å². The van der Waals surface area contributed by atoms with Crippen LogP contribution in [0.2, 0.25) is 0 Å². The number of fused-ring (bicyclic) bond motifs is 1. The number of rotatable bonds is 14. The van der Waals surface area contributed by atoms with E-state index >= 15 is 0 Å². The second kappa shape index (κ2) is 13.8. The molecule has 204 valence electrons. The van der Waals surface area contributed by atoms with Crippen molar-refractivity contribution in [1.82, 2.24) is 15.1 Å². The van der Waals surface area contributed by atoms with Gasteiger partial charge in [-0.25, -0.2) is 9.07 Å². The molecule has 0 aliphatic heterocycles. The molecule has 0 saturated heterocycles. The minimum atomic E-state index is -0.812. The third-order valence-electron chi connectivity index (χ3n) is 7.31. The maximum Gasteiger partial charge on any atom is 0.306 e. The number of benzene rings is 3. The standard InChI is InChI=1S/C32H36FN3O3/c1-2-25(32(38)39)14-17-27(19-21-34-20-18-23-8-4-3-5-9-23)36-31(37)29-11-7-6-10-28(29)30(35-36)22-24-12-15-26(33)16-13-24/h3-13,15-16,25,27,34H,2,14,17-22H2,1H3,(H,38,39). The zero-order valence-electron chi connectivity index (χ0n) is 22.4. The molecule has 2 atom stereocenters. The summed E-state index contributed by atoms with van der Waals surface area (Å²) in [5.41, 5.74) is 2.72. The van der Waals surface area contributed by atoms with E-state index in [1.54, 1.807) is 16.8 Å². The number of hydrogen-bond donors (Lipinski definition) is 2. The van der Waals surface area contributed by atoms with E-state index in [0.717, 1.165) is 29.6 Å². The molecule has 3 aromatic carbocycles. The van der Waals surface area contributed by atoms with Crippen LogP contribution >= 0.6 is 0 Å². The Bertz CT molecular complexity index is 1420. The van der Waals surface area contributed by atoms with Gasteiger partial charge in [0, 0.05) is 11.8 Å². The summed E-state index contributed by atoms with van der Waals surface area (Å²) in [4.78, 5) is 25.4. The molecule has 0 radical (unpaired) electrons. The third-order valence-corrected chi connectivity index (χ3v) is 7.31. The van der Waals surface area contributed by atoms with E-state index in [9.17, 15) is 19.1 Å². The first-order valence-corrected chi connectivity index (χ1v) is 13.7. The molecule has 2 N–H and O–H groups in total. The van der Waals surface area contributed by atoms with Crippen LogP contribution in [0.3, 0.4) is 0 Å². The Morgan fingerprint density at radius 2 is 1.59 bits per heavy atom. The molecule has 1 heterocycles. The van der Waals surface area contributed by atoms with E-state index in [4.69, 9.17) is 5.10 Å². The minimum absolute atomic E-state index is 0.175. The SMILES string of the molecule is CCC(CCC(CCNCCc1ccccc1)n1nc(Cc2ccc(F)cc2)c2ccccc2c1=O)C(=O)O. The van der Waals surface area contributed by atoms with E-state index in [0.29, 0.717) is 44.0 Å². The van der Waals surface area contributed by atoms with Gasteiger partial charge in [0.15, 0.2) is 0 Å². The van der Waals surface area contributed by atoms with Gasteiger partial charge in [-0.3, -0.25) is 9.59 Å². The van der Waals surface area contributed by atoms with Gasteiger partial charge in [-0.1, -0.05) is 67.6 Å². The molecule has 39 heavy (non-hydrogen) atoms. The molecule has 0 aliphatic rings. The van der Waals surface area contributed by atoms with Gasteiger partial charge in [0.2, 0.25) is 0 Å². The number of hydrogen-bond acceptors (Lipinski definition) is 4. The Labute approximate surface area is 228 Å². The van der Waals surface area contributed by atoms with E-state index in [2.05, 4.69) is 17.4 Å². The molecular weight excluding hydrogens is 493 g/mol. The quantitative estimate of drug-likeness (QED) is 0.202. The number of carboxylic acid groups (broad SMARTS) is 1. The van der Waals surface area contributed by atoms with E-state index in [-0.39, 0.29) is 17.4 Å². The molecule has 0 fully saturated rings. The first kappa shape index (κ1) is 28.2. The zero-order chi connectivity index (χ0) is 27.6. The molecule has 7 heteroatoms. The molecule has 1 aromatic heterocycles. The van der Waals surface area contributed by atoms with Gasteiger partial charge in [0.05, 0.1) is 23.0 Å². The maximum atomic E-state index is 13.7. The highest BCUT2D eigenvalue weighted by molar-refractivity contribution is 5.83. The number of aliphatic carboxylic acids is 1. The highest BCUT2D eigenvalue weighted by Crippen LogP contribution is 2.24. The molecule has 4 rings (SSSR count). The van der Waals surface area contributed by atoms with Crippen molar-refractivity contribution in [3.05, 3.63) is 112 Å². The van der Waals surface area contributed by atoms with Gasteiger partial charge in [-0.2, -0.15) is 5.10 Å². The lowest BCUT2D eigenvalue weighted by Gasteiger charge is -2.22. The van der Waals surface area contributed by atoms with Gasteiger partial charge in [-0.05, 0) is 74.5 Å². The van der Waals surface area contributed by atoms with Crippen LogP contribution in [0.25, 0.3) is 10.8 Å². The summed E-state index contributed by atoms with van der Waals surface area (Å²) in [5.74, 6) is -1.58. The fraction of sp³-hybridized carbons (Fsp3) is 0.344. The summed E-state index contributed by atoms with van der Waals surface area (Å²) in [6.45, 7) is 3.36. The van der Waals surface area contributed by atoms with Crippen LogP contribution in [-0.4, -0.2) is 33.9 Å². The lowest BCUT2D eigenvalue weighted by Crippen LogP contribution is -2.32. The van der Waals surface area contributed by atoms with Crippen molar-refractivity contribution >= 4 is 16.7 Å². The maximum absolute atomic E-state index is 13.7. The number of halogens is 1. The average Bonchev–Trinajstić information content (AvgIpc) is 2.95. The summed E-state index contributed by atoms with van der Waals surface area (Å²) in [6, 6.07) is 23.7. The summed E-state index contributed by atoms with van der Waals surface area (Å²) in [6.07, 6.45) is 3.54. The number of carboxylic acids is 1. The molecule has 0 aliphatic carbocycles. The zero-order valence-corrected chi connectivity index (χ0v) is 22.4. The number of nitrogens with zero attached hydrogens (tertiary/aromatic N) is 2. The Kier molecular flexibility index (Phi) is 9.97. The molecule has 0 bridgehead atoms. The molecule has 4 aromatic rings. The normalized spacial score (nSPS) is 12.9. The Morgan fingerprint density at radius 3 is 2.28 bits per heavy atom. The first-order valence-electron chi connectivity index (χ1n) is 13.7. The topological polar surface area (TPSA) is 84.2 Å². The van der Waals surface area contributed by atoms with Crippen molar-refractivity contribution in [2.24, 2.45) is 5.92 Å². The summed E-state index contributed by atoms with van der Waals surface area (Å²) >= 11 is 0. The molecule has 0 spiro atoms. The Hall–Kier alpha value is -3.84. The molecule has 0 saturated carbocycles. The van der Waals surface area contributed by atoms with Crippen molar-refractivity contribution in [3.8, 4) is 0 Å². The summed E-state index contributed by atoms with van der Waals surface area (Å²) < 4.78 is 15.1. The van der Waals surface area contributed by atoms with Crippen molar-refractivity contribution < 1.29 is 14.3 Å². The highest BCUT2D eigenvalue weighted by Gasteiger charge is 2.22. The van der Waals surface area contributed by atoms with Gasteiger partial charge in [0.1, 0.15) is 5.82 Å². The molecule has 6 nitrogen and oxygen atoms in total. The van der Waals surface area contributed by atoms with Crippen molar-refractivity contribution in [3.63, 3.8) is 0 Å².